The minimum Gasteiger partial charge on any atom is -0.356 e. The van der Waals surface area contributed by atoms with Crippen molar-refractivity contribution in [2.75, 3.05) is 13.1 Å². The van der Waals surface area contributed by atoms with Crippen molar-refractivity contribution in [3.63, 3.8) is 0 Å². The lowest BCUT2D eigenvalue weighted by molar-refractivity contribution is -0.127. The molecule has 140 valence electrons. The number of hydrogen-bond acceptors (Lipinski definition) is 2. The van der Waals surface area contributed by atoms with Crippen LogP contribution in [0.5, 0.6) is 0 Å². The van der Waals surface area contributed by atoms with Crippen molar-refractivity contribution in [2.24, 2.45) is 11.8 Å². The highest BCUT2D eigenvalue weighted by Gasteiger charge is 2.47. The van der Waals surface area contributed by atoms with E-state index in [9.17, 15) is 14.0 Å². The molecule has 2 unspecified atom stereocenters. The third-order valence-corrected chi connectivity index (χ3v) is 5.22. The first-order chi connectivity index (χ1) is 12.6. The summed E-state index contributed by atoms with van der Waals surface area (Å²) in [4.78, 5) is 24.3. The van der Waals surface area contributed by atoms with Gasteiger partial charge in [-0.05, 0) is 62.6 Å². The first-order valence-electron chi connectivity index (χ1n) is 9.61. The Morgan fingerprint density at radius 2 is 1.62 bits per heavy atom. The van der Waals surface area contributed by atoms with E-state index in [-0.39, 0.29) is 29.5 Å². The predicted molar refractivity (Wildman–Crippen MR) is 98.9 cm³/mol. The lowest BCUT2D eigenvalue weighted by atomic mass is 9.97. The number of nitrogens with one attached hydrogen (secondary N) is 2. The molecule has 26 heavy (non-hydrogen) atoms. The van der Waals surface area contributed by atoms with Crippen molar-refractivity contribution < 1.29 is 14.0 Å². The third kappa shape index (κ3) is 5.41. The normalized spacial score (nSPS) is 21.7. The summed E-state index contributed by atoms with van der Waals surface area (Å²) in [5.74, 6) is -0.690. The zero-order chi connectivity index (χ0) is 18.4. The van der Waals surface area contributed by atoms with Crippen molar-refractivity contribution in [1.29, 1.82) is 0 Å². The molecule has 0 aliphatic heterocycles. The molecule has 2 N–H and O–H groups in total. The summed E-state index contributed by atoms with van der Waals surface area (Å²) >= 11 is 0. The van der Waals surface area contributed by atoms with Crippen LogP contribution in [0.4, 0.5) is 4.39 Å². The zero-order valence-corrected chi connectivity index (χ0v) is 15.1. The minimum absolute atomic E-state index is 0.0000871. The SMILES string of the molecule is O=C(NCCC1=CCCCC1)C1CC1C(=O)NCCc1ccc(F)cc1. The summed E-state index contributed by atoms with van der Waals surface area (Å²) in [5.41, 5.74) is 2.43. The highest BCUT2D eigenvalue weighted by atomic mass is 19.1. The number of rotatable bonds is 8. The first-order valence-corrected chi connectivity index (χ1v) is 9.61. The second-order valence-corrected chi connectivity index (χ2v) is 7.27. The smallest absolute Gasteiger partial charge is 0.223 e. The van der Waals surface area contributed by atoms with E-state index in [4.69, 9.17) is 0 Å². The summed E-state index contributed by atoms with van der Waals surface area (Å²) in [6.45, 7) is 1.17. The summed E-state index contributed by atoms with van der Waals surface area (Å²) < 4.78 is 12.9. The van der Waals surface area contributed by atoms with Crippen LogP contribution in [0, 0.1) is 17.7 Å². The van der Waals surface area contributed by atoms with Gasteiger partial charge in [0.1, 0.15) is 5.82 Å². The van der Waals surface area contributed by atoms with Crippen LogP contribution < -0.4 is 10.6 Å². The highest BCUT2D eigenvalue weighted by Crippen LogP contribution is 2.38. The molecule has 3 rings (SSSR count). The average Bonchev–Trinajstić information content (AvgIpc) is 3.45. The zero-order valence-electron chi connectivity index (χ0n) is 15.1. The fraction of sp³-hybridized carbons (Fsp3) is 0.524. The summed E-state index contributed by atoms with van der Waals surface area (Å²) in [7, 11) is 0. The van der Waals surface area contributed by atoms with Crippen LogP contribution in [0.2, 0.25) is 0 Å². The Balaban J connectivity index is 1.31. The van der Waals surface area contributed by atoms with Crippen LogP contribution in [-0.2, 0) is 16.0 Å². The Morgan fingerprint density at radius 1 is 0.962 bits per heavy atom. The number of amides is 2. The van der Waals surface area contributed by atoms with Gasteiger partial charge in [0.2, 0.25) is 11.8 Å². The molecular formula is C21H27FN2O2. The molecule has 0 aromatic heterocycles. The number of halogens is 1. The molecule has 1 aromatic carbocycles. The fourth-order valence-corrected chi connectivity index (χ4v) is 3.50. The molecule has 1 fully saturated rings. The largest absolute Gasteiger partial charge is 0.356 e. The molecule has 2 aliphatic carbocycles. The van der Waals surface area contributed by atoms with E-state index in [1.807, 2.05) is 0 Å². The Labute approximate surface area is 154 Å². The third-order valence-electron chi connectivity index (χ3n) is 5.22. The molecule has 2 amide bonds. The van der Waals surface area contributed by atoms with E-state index in [0.29, 0.717) is 25.9 Å². The van der Waals surface area contributed by atoms with E-state index in [0.717, 1.165) is 24.8 Å². The van der Waals surface area contributed by atoms with Gasteiger partial charge in [0.05, 0.1) is 11.8 Å². The number of allylic oxidation sites excluding steroid dienone is 1. The van der Waals surface area contributed by atoms with Crippen LogP contribution in [0.1, 0.15) is 44.1 Å². The van der Waals surface area contributed by atoms with Gasteiger partial charge >= 0.3 is 0 Å². The van der Waals surface area contributed by atoms with E-state index in [1.54, 1.807) is 12.1 Å². The monoisotopic (exact) mass is 358 g/mol. The van der Waals surface area contributed by atoms with Gasteiger partial charge in [-0.2, -0.15) is 0 Å². The lowest BCUT2D eigenvalue weighted by Crippen LogP contribution is -2.31. The van der Waals surface area contributed by atoms with Gasteiger partial charge in [-0.25, -0.2) is 4.39 Å². The van der Waals surface area contributed by atoms with Gasteiger partial charge in [-0.1, -0.05) is 23.8 Å². The van der Waals surface area contributed by atoms with Gasteiger partial charge in [-0.3, -0.25) is 9.59 Å². The Kier molecular flexibility index (Phi) is 6.42. The van der Waals surface area contributed by atoms with Crippen LogP contribution in [0.3, 0.4) is 0 Å². The van der Waals surface area contributed by atoms with Crippen molar-refractivity contribution in [3.8, 4) is 0 Å². The van der Waals surface area contributed by atoms with Crippen molar-refractivity contribution >= 4 is 11.8 Å². The number of benzene rings is 1. The van der Waals surface area contributed by atoms with Crippen LogP contribution in [-0.4, -0.2) is 24.9 Å². The maximum Gasteiger partial charge on any atom is 0.223 e. The molecule has 0 spiro atoms. The molecule has 2 aliphatic rings. The maximum atomic E-state index is 12.9. The van der Waals surface area contributed by atoms with E-state index >= 15 is 0 Å². The Morgan fingerprint density at radius 3 is 2.23 bits per heavy atom. The van der Waals surface area contributed by atoms with E-state index in [2.05, 4.69) is 16.7 Å². The quantitative estimate of drug-likeness (QED) is 0.702. The highest BCUT2D eigenvalue weighted by molar-refractivity contribution is 5.92. The van der Waals surface area contributed by atoms with Crippen molar-refractivity contribution in [1.82, 2.24) is 10.6 Å². The molecule has 0 bridgehead atoms. The van der Waals surface area contributed by atoms with E-state index in [1.165, 1.54) is 30.5 Å². The minimum atomic E-state index is -0.260. The molecule has 1 saturated carbocycles. The van der Waals surface area contributed by atoms with Crippen molar-refractivity contribution in [3.05, 3.63) is 47.3 Å². The molecule has 2 atom stereocenters. The van der Waals surface area contributed by atoms with Crippen LogP contribution >= 0.6 is 0 Å². The van der Waals surface area contributed by atoms with Gasteiger partial charge in [0.15, 0.2) is 0 Å². The molecule has 4 nitrogen and oxygen atoms in total. The molecule has 5 heteroatoms. The van der Waals surface area contributed by atoms with Crippen LogP contribution in [0.15, 0.2) is 35.9 Å². The fourth-order valence-electron chi connectivity index (χ4n) is 3.50. The summed E-state index contributed by atoms with van der Waals surface area (Å²) in [6, 6.07) is 6.27. The summed E-state index contributed by atoms with van der Waals surface area (Å²) in [6.07, 6.45) is 9.35. The number of carbonyl (C=O) groups excluding carboxylic acids is 2. The van der Waals surface area contributed by atoms with E-state index < -0.39 is 0 Å². The first kappa shape index (κ1) is 18.6. The molecule has 0 saturated heterocycles. The van der Waals surface area contributed by atoms with Gasteiger partial charge in [-0.15, -0.1) is 0 Å². The molecule has 0 radical (unpaired) electrons. The predicted octanol–water partition coefficient (Wildman–Crippen LogP) is 3.13. The maximum absolute atomic E-state index is 12.9. The van der Waals surface area contributed by atoms with Gasteiger partial charge < -0.3 is 10.6 Å². The van der Waals surface area contributed by atoms with Crippen molar-refractivity contribution in [2.45, 2.75) is 44.9 Å². The molecule has 1 aromatic rings. The molecule has 0 heterocycles. The molecular weight excluding hydrogens is 331 g/mol. The standard InChI is InChI=1S/C21H27FN2O2/c22-17-8-6-16(7-9-17)11-13-24-21(26)19-14-18(19)20(25)23-12-10-15-4-2-1-3-5-15/h4,6-9,18-19H,1-3,5,10-14H2,(H,23,25)(H,24,26). The second-order valence-electron chi connectivity index (χ2n) is 7.27. The Bertz CT molecular complexity index is 669. The van der Waals surface area contributed by atoms with Crippen LogP contribution in [0.25, 0.3) is 0 Å². The topological polar surface area (TPSA) is 58.2 Å². The lowest BCUT2D eigenvalue weighted by Gasteiger charge is -2.13. The average molecular weight is 358 g/mol. The van der Waals surface area contributed by atoms with Gasteiger partial charge in [0.25, 0.3) is 0 Å². The van der Waals surface area contributed by atoms with Gasteiger partial charge in [0, 0.05) is 13.1 Å². The second kappa shape index (κ2) is 8.97. The number of carbonyl (C=O) groups is 2. The Hall–Kier alpha value is -2.17. The number of hydrogen-bond donors (Lipinski definition) is 2. The summed E-state index contributed by atoms with van der Waals surface area (Å²) in [5, 5.41) is 5.85.